The monoisotopic (exact) mass is 263 g/mol. The molecule has 1 aliphatic carbocycles. The van der Waals surface area contributed by atoms with Crippen molar-refractivity contribution < 1.29 is 0 Å². The molecular formula is C16H29N3. The normalized spacial score (nSPS) is 25.4. The van der Waals surface area contributed by atoms with E-state index in [9.17, 15) is 0 Å². The summed E-state index contributed by atoms with van der Waals surface area (Å²) < 4.78 is 2.04. The lowest BCUT2D eigenvalue weighted by atomic mass is 9.76. The quantitative estimate of drug-likeness (QED) is 0.848. The zero-order valence-corrected chi connectivity index (χ0v) is 12.7. The molecule has 1 fully saturated rings. The topological polar surface area (TPSA) is 29.9 Å². The van der Waals surface area contributed by atoms with Crippen LogP contribution in [0.25, 0.3) is 0 Å². The van der Waals surface area contributed by atoms with Crippen molar-refractivity contribution in [3.63, 3.8) is 0 Å². The van der Waals surface area contributed by atoms with Gasteiger partial charge in [0.25, 0.3) is 0 Å². The van der Waals surface area contributed by atoms with Crippen molar-refractivity contribution in [1.82, 2.24) is 15.1 Å². The molecular weight excluding hydrogens is 234 g/mol. The molecule has 1 aromatic heterocycles. The summed E-state index contributed by atoms with van der Waals surface area (Å²) in [6.45, 7) is 5.68. The zero-order valence-electron chi connectivity index (χ0n) is 12.7. The Morgan fingerprint density at radius 1 is 1.42 bits per heavy atom. The van der Waals surface area contributed by atoms with E-state index in [0.29, 0.717) is 6.04 Å². The van der Waals surface area contributed by atoms with E-state index in [1.807, 2.05) is 10.9 Å². The van der Waals surface area contributed by atoms with Gasteiger partial charge in [-0.25, -0.2) is 0 Å². The van der Waals surface area contributed by atoms with E-state index in [1.54, 1.807) is 0 Å². The largest absolute Gasteiger partial charge is 0.308 e. The molecule has 2 rings (SSSR count). The summed E-state index contributed by atoms with van der Waals surface area (Å²) in [5, 5.41) is 8.12. The number of hydrogen-bond donors (Lipinski definition) is 1. The molecule has 108 valence electrons. The van der Waals surface area contributed by atoms with Crippen molar-refractivity contribution in [2.75, 3.05) is 6.54 Å². The van der Waals surface area contributed by atoms with Crippen LogP contribution in [0, 0.1) is 11.8 Å². The molecule has 3 heteroatoms. The van der Waals surface area contributed by atoms with Gasteiger partial charge >= 0.3 is 0 Å². The zero-order chi connectivity index (χ0) is 13.7. The van der Waals surface area contributed by atoms with Crippen LogP contribution in [0.5, 0.6) is 0 Å². The van der Waals surface area contributed by atoms with E-state index in [0.717, 1.165) is 18.4 Å². The first-order valence-corrected chi connectivity index (χ1v) is 7.97. The second-order valence-electron chi connectivity index (χ2n) is 6.01. The molecule has 19 heavy (non-hydrogen) atoms. The van der Waals surface area contributed by atoms with Crippen LogP contribution in [0.3, 0.4) is 0 Å². The van der Waals surface area contributed by atoms with Crippen LogP contribution in [-0.2, 0) is 7.05 Å². The Hall–Kier alpha value is -0.830. The molecule has 0 saturated heterocycles. The van der Waals surface area contributed by atoms with Crippen LogP contribution in [0.15, 0.2) is 12.3 Å². The minimum absolute atomic E-state index is 0.488. The minimum atomic E-state index is 0.488. The molecule has 1 aliphatic rings. The van der Waals surface area contributed by atoms with Crippen LogP contribution >= 0.6 is 0 Å². The van der Waals surface area contributed by atoms with Gasteiger partial charge in [0.05, 0.1) is 11.7 Å². The van der Waals surface area contributed by atoms with Crippen LogP contribution in [0.4, 0.5) is 0 Å². The van der Waals surface area contributed by atoms with E-state index in [2.05, 4.69) is 37.4 Å². The lowest BCUT2D eigenvalue weighted by molar-refractivity contribution is 0.204. The van der Waals surface area contributed by atoms with Gasteiger partial charge in [-0.05, 0) is 43.7 Å². The van der Waals surface area contributed by atoms with Crippen molar-refractivity contribution >= 4 is 0 Å². The predicted molar refractivity (Wildman–Crippen MR) is 80.0 cm³/mol. The standard InChI is InChI=1S/C16H29N3/c1-4-10-17-16(15-9-11-18-19(15)3)14-8-6-7-13(5-2)12-14/h9,11,13-14,16-17H,4-8,10,12H2,1-3H3. The fourth-order valence-electron chi connectivity index (χ4n) is 3.51. The van der Waals surface area contributed by atoms with E-state index in [-0.39, 0.29) is 0 Å². The van der Waals surface area contributed by atoms with Gasteiger partial charge in [-0.2, -0.15) is 5.10 Å². The van der Waals surface area contributed by atoms with Crippen molar-refractivity contribution in [1.29, 1.82) is 0 Å². The van der Waals surface area contributed by atoms with Crippen LogP contribution < -0.4 is 5.32 Å². The minimum Gasteiger partial charge on any atom is -0.308 e. The summed E-state index contributed by atoms with van der Waals surface area (Å²) in [6.07, 6.45) is 10.0. The molecule has 1 N–H and O–H groups in total. The predicted octanol–water partition coefficient (Wildman–Crippen LogP) is 3.68. The van der Waals surface area contributed by atoms with Crippen LogP contribution in [0.1, 0.15) is 64.1 Å². The lowest BCUT2D eigenvalue weighted by Gasteiger charge is -2.35. The molecule has 0 aromatic carbocycles. The van der Waals surface area contributed by atoms with Crippen molar-refractivity contribution in [3.05, 3.63) is 18.0 Å². The molecule has 0 radical (unpaired) electrons. The molecule has 0 aliphatic heterocycles. The Kier molecular flexibility index (Phi) is 5.44. The molecule has 3 unspecified atom stereocenters. The molecule has 0 amide bonds. The third-order valence-electron chi connectivity index (χ3n) is 4.66. The van der Waals surface area contributed by atoms with Gasteiger partial charge in [-0.1, -0.05) is 33.1 Å². The third-order valence-corrected chi connectivity index (χ3v) is 4.66. The maximum Gasteiger partial charge on any atom is 0.0553 e. The van der Waals surface area contributed by atoms with Crippen molar-refractivity contribution in [3.8, 4) is 0 Å². The number of aromatic nitrogens is 2. The average Bonchev–Trinajstić information content (AvgIpc) is 2.86. The van der Waals surface area contributed by atoms with Crippen LogP contribution in [-0.4, -0.2) is 16.3 Å². The molecule has 1 aromatic rings. The number of nitrogens with one attached hydrogen (secondary N) is 1. The van der Waals surface area contributed by atoms with Gasteiger partial charge in [-0.15, -0.1) is 0 Å². The smallest absolute Gasteiger partial charge is 0.0553 e. The molecule has 3 nitrogen and oxygen atoms in total. The Balaban J connectivity index is 2.10. The highest BCUT2D eigenvalue weighted by atomic mass is 15.3. The number of hydrogen-bond acceptors (Lipinski definition) is 2. The van der Waals surface area contributed by atoms with E-state index < -0.39 is 0 Å². The molecule has 1 saturated carbocycles. The van der Waals surface area contributed by atoms with Gasteiger partial charge in [0.2, 0.25) is 0 Å². The Labute approximate surface area is 117 Å². The summed E-state index contributed by atoms with van der Waals surface area (Å²) in [6, 6.07) is 2.67. The highest BCUT2D eigenvalue weighted by Gasteiger charge is 2.29. The van der Waals surface area contributed by atoms with Gasteiger partial charge in [0.15, 0.2) is 0 Å². The Morgan fingerprint density at radius 3 is 2.89 bits per heavy atom. The van der Waals surface area contributed by atoms with E-state index in [4.69, 9.17) is 0 Å². The van der Waals surface area contributed by atoms with E-state index in [1.165, 1.54) is 44.2 Å². The molecule has 0 bridgehead atoms. The molecule has 1 heterocycles. The number of rotatable bonds is 6. The molecule has 3 atom stereocenters. The summed E-state index contributed by atoms with van der Waals surface area (Å²) in [5.74, 6) is 1.71. The van der Waals surface area contributed by atoms with Crippen LogP contribution in [0.2, 0.25) is 0 Å². The fraction of sp³-hybridized carbons (Fsp3) is 0.812. The number of aryl methyl sites for hydroxylation is 1. The van der Waals surface area contributed by atoms with Gasteiger partial charge in [-0.3, -0.25) is 4.68 Å². The SMILES string of the molecule is CCCNC(c1ccnn1C)C1CCCC(CC)C1. The third kappa shape index (κ3) is 3.59. The highest BCUT2D eigenvalue weighted by molar-refractivity contribution is 5.09. The summed E-state index contributed by atoms with van der Waals surface area (Å²) in [7, 11) is 2.07. The fourth-order valence-corrected chi connectivity index (χ4v) is 3.51. The van der Waals surface area contributed by atoms with Crippen molar-refractivity contribution in [2.45, 2.75) is 58.4 Å². The second kappa shape index (κ2) is 7.09. The summed E-state index contributed by atoms with van der Waals surface area (Å²) in [4.78, 5) is 0. The van der Waals surface area contributed by atoms with E-state index >= 15 is 0 Å². The first-order chi connectivity index (χ1) is 9.26. The Bertz CT molecular complexity index is 372. The van der Waals surface area contributed by atoms with Gasteiger partial charge < -0.3 is 5.32 Å². The first-order valence-electron chi connectivity index (χ1n) is 7.97. The maximum absolute atomic E-state index is 4.36. The first kappa shape index (κ1) is 14.6. The van der Waals surface area contributed by atoms with Crippen molar-refractivity contribution in [2.24, 2.45) is 18.9 Å². The molecule has 0 spiro atoms. The summed E-state index contributed by atoms with van der Waals surface area (Å²) >= 11 is 0. The Morgan fingerprint density at radius 2 is 2.26 bits per heavy atom. The van der Waals surface area contributed by atoms with Gasteiger partial charge in [0, 0.05) is 13.2 Å². The average molecular weight is 263 g/mol. The number of nitrogens with zero attached hydrogens (tertiary/aromatic N) is 2. The summed E-state index contributed by atoms with van der Waals surface area (Å²) in [5.41, 5.74) is 1.36. The second-order valence-corrected chi connectivity index (χ2v) is 6.01. The lowest BCUT2D eigenvalue weighted by Crippen LogP contribution is -2.33. The maximum atomic E-state index is 4.36. The van der Waals surface area contributed by atoms with Gasteiger partial charge in [0.1, 0.15) is 0 Å². The highest BCUT2D eigenvalue weighted by Crippen LogP contribution is 2.38.